The van der Waals surface area contributed by atoms with Gasteiger partial charge in [-0.1, -0.05) is 62.4 Å². The average Bonchev–Trinajstić information content (AvgIpc) is 3.01. The van der Waals surface area contributed by atoms with Crippen molar-refractivity contribution in [2.45, 2.75) is 90.5 Å². The second-order valence-corrected chi connectivity index (χ2v) is 13.3. The number of aryl methyl sites for hydroxylation is 1. The summed E-state index contributed by atoms with van der Waals surface area (Å²) >= 11 is 1.64. The standard InChI is InChI=1S/C35H50N2O4S/c1-24(2)41-34(37-20-11-15-28(23-37)26-13-7-6-8-14-26)27-17-18-30(31(22-27)29-16-10-9-12-25(29)3)33(38)36-32(19-21-42-5)35(39)40-4/h9-10,12,16-18,22,24,26,28,32,34H,6-8,11,13-15,19-21,23H2,1-5H3,(H,36,38)/t28?,32-,34?/m0/s1. The maximum Gasteiger partial charge on any atom is 0.328 e. The van der Waals surface area contributed by atoms with Crippen LogP contribution in [0.25, 0.3) is 11.1 Å². The minimum absolute atomic E-state index is 0.0622. The normalized spacial score (nSPS) is 19.8. The summed E-state index contributed by atoms with van der Waals surface area (Å²) in [6.07, 6.45) is 11.7. The molecule has 0 radical (unpaired) electrons. The summed E-state index contributed by atoms with van der Waals surface area (Å²) in [5.74, 6) is 1.59. The van der Waals surface area contributed by atoms with Gasteiger partial charge in [-0.2, -0.15) is 11.8 Å². The Balaban J connectivity index is 1.69. The van der Waals surface area contributed by atoms with E-state index in [2.05, 4.69) is 49.2 Å². The third kappa shape index (κ3) is 8.39. The first-order chi connectivity index (χ1) is 20.3. The minimum atomic E-state index is -0.693. The molecule has 0 bridgehead atoms. The third-order valence-electron chi connectivity index (χ3n) is 8.95. The molecule has 1 aliphatic heterocycles. The van der Waals surface area contributed by atoms with Crippen LogP contribution < -0.4 is 5.32 Å². The lowest BCUT2D eigenvalue weighted by atomic mass is 9.76. The Kier molecular flexibility index (Phi) is 12.3. The lowest BCUT2D eigenvalue weighted by Gasteiger charge is -2.42. The van der Waals surface area contributed by atoms with Crippen LogP contribution in [0.4, 0.5) is 0 Å². The Bertz CT molecular complexity index is 1180. The fraction of sp³-hybridized carbons (Fsp3) is 0.600. The number of thioether (sulfide) groups is 1. The van der Waals surface area contributed by atoms with Gasteiger partial charge in [0.05, 0.1) is 13.2 Å². The molecule has 2 fully saturated rings. The summed E-state index contributed by atoms with van der Waals surface area (Å²) in [5, 5.41) is 2.97. The number of amides is 1. The molecule has 4 rings (SSSR count). The molecule has 6 nitrogen and oxygen atoms in total. The molecule has 1 aliphatic carbocycles. The summed E-state index contributed by atoms with van der Waals surface area (Å²) in [7, 11) is 1.36. The van der Waals surface area contributed by atoms with Gasteiger partial charge in [-0.3, -0.25) is 9.69 Å². The third-order valence-corrected chi connectivity index (χ3v) is 9.59. The quantitative estimate of drug-likeness (QED) is 0.258. The van der Waals surface area contributed by atoms with Crippen molar-refractivity contribution >= 4 is 23.6 Å². The van der Waals surface area contributed by atoms with E-state index in [1.54, 1.807) is 11.8 Å². The SMILES string of the molecule is COC(=O)[C@H](CCSC)NC(=O)c1ccc(C(OC(C)C)N2CCCC(C3CCCCC3)C2)cc1-c1ccccc1C. The topological polar surface area (TPSA) is 67.9 Å². The number of carbonyl (C=O) groups is 2. The van der Waals surface area contributed by atoms with Crippen molar-refractivity contribution in [1.29, 1.82) is 0 Å². The second kappa shape index (κ2) is 15.9. The van der Waals surface area contributed by atoms with E-state index in [0.717, 1.165) is 52.9 Å². The summed E-state index contributed by atoms with van der Waals surface area (Å²) in [6.45, 7) is 8.34. The number of benzene rings is 2. The molecule has 3 atom stereocenters. The first kappa shape index (κ1) is 32.6. The highest BCUT2D eigenvalue weighted by molar-refractivity contribution is 7.98. The van der Waals surface area contributed by atoms with Crippen LogP contribution in [0.1, 0.15) is 92.9 Å². The number of hydrogen-bond donors (Lipinski definition) is 1. The number of piperidine rings is 1. The summed E-state index contributed by atoms with van der Waals surface area (Å²) < 4.78 is 11.7. The lowest BCUT2D eigenvalue weighted by Crippen LogP contribution is -2.43. The molecule has 1 N–H and O–H groups in total. The van der Waals surface area contributed by atoms with Gasteiger partial charge in [-0.25, -0.2) is 4.79 Å². The number of esters is 1. The molecule has 1 amide bonds. The van der Waals surface area contributed by atoms with Crippen LogP contribution in [0.15, 0.2) is 42.5 Å². The lowest BCUT2D eigenvalue weighted by molar-refractivity contribution is -0.142. The van der Waals surface area contributed by atoms with Gasteiger partial charge >= 0.3 is 5.97 Å². The summed E-state index contributed by atoms with van der Waals surface area (Å²) in [4.78, 5) is 28.8. The number of hydrogen-bond acceptors (Lipinski definition) is 6. The van der Waals surface area contributed by atoms with E-state index in [1.807, 2.05) is 30.5 Å². The average molecular weight is 595 g/mol. The van der Waals surface area contributed by atoms with E-state index in [4.69, 9.17) is 9.47 Å². The van der Waals surface area contributed by atoms with E-state index in [0.29, 0.717) is 12.0 Å². The number of carbonyl (C=O) groups excluding carboxylic acids is 2. The number of nitrogens with zero attached hydrogens (tertiary/aromatic N) is 1. The van der Waals surface area contributed by atoms with E-state index < -0.39 is 12.0 Å². The summed E-state index contributed by atoms with van der Waals surface area (Å²) in [6, 6.07) is 13.6. The predicted octanol–water partition coefficient (Wildman–Crippen LogP) is 7.40. The first-order valence-electron chi connectivity index (χ1n) is 15.8. The number of methoxy groups -OCH3 is 1. The number of ether oxygens (including phenoxy) is 2. The van der Waals surface area contributed by atoms with Crippen molar-refractivity contribution in [3.8, 4) is 11.1 Å². The smallest absolute Gasteiger partial charge is 0.328 e. The molecule has 2 aromatic rings. The molecule has 0 aromatic heterocycles. The van der Waals surface area contributed by atoms with E-state index in [1.165, 1.54) is 52.1 Å². The van der Waals surface area contributed by atoms with Gasteiger partial charge in [0.1, 0.15) is 12.3 Å². The Morgan fingerprint density at radius 2 is 1.74 bits per heavy atom. The van der Waals surface area contributed by atoms with Crippen LogP contribution in [0.5, 0.6) is 0 Å². The molecule has 2 aromatic carbocycles. The largest absolute Gasteiger partial charge is 0.467 e. The fourth-order valence-electron chi connectivity index (χ4n) is 6.75. The highest BCUT2D eigenvalue weighted by Gasteiger charge is 2.33. The van der Waals surface area contributed by atoms with Crippen LogP contribution in [0.3, 0.4) is 0 Å². The molecule has 230 valence electrons. The van der Waals surface area contributed by atoms with Crippen molar-refractivity contribution in [2.75, 3.05) is 32.2 Å². The van der Waals surface area contributed by atoms with Crippen molar-refractivity contribution in [1.82, 2.24) is 10.2 Å². The molecule has 2 aliphatic rings. The van der Waals surface area contributed by atoms with Crippen molar-refractivity contribution in [3.63, 3.8) is 0 Å². The highest BCUT2D eigenvalue weighted by Crippen LogP contribution is 2.39. The zero-order chi connectivity index (χ0) is 30.1. The van der Waals surface area contributed by atoms with Gasteiger partial charge in [0.25, 0.3) is 5.91 Å². The van der Waals surface area contributed by atoms with Crippen LogP contribution in [0.2, 0.25) is 0 Å². The first-order valence-corrected chi connectivity index (χ1v) is 17.2. The molecule has 1 heterocycles. The Labute approximate surface area is 257 Å². The molecule has 42 heavy (non-hydrogen) atoms. The zero-order valence-electron chi connectivity index (χ0n) is 26.2. The molecular formula is C35H50N2O4S. The summed E-state index contributed by atoms with van der Waals surface area (Å²) in [5.41, 5.74) is 4.56. The molecule has 1 saturated carbocycles. The maximum absolute atomic E-state index is 13.8. The van der Waals surface area contributed by atoms with Crippen LogP contribution in [-0.4, -0.2) is 61.1 Å². The van der Waals surface area contributed by atoms with Crippen molar-refractivity contribution in [3.05, 3.63) is 59.2 Å². The molecule has 2 unspecified atom stereocenters. The number of likely N-dealkylation sites (tertiary alicyclic amines) is 1. The molecule has 0 spiro atoms. The molecular weight excluding hydrogens is 544 g/mol. The van der Waals surface area contributed by atoms with E-state index in [9.17, 15) is 9.59 Å². The van der Waals surface area contributed by atoms with Gasteiger partial charge < -0.3 is 14.8 Å². The Morgan fingerprint density at radius 1 is 1.00 bits per heavy atom. The van der Waals surface area contributed by atoms with Crippen LogP contribution in [-0.2, 0) is 14.3 Å². The Morgan fingerprint density at radius 3 is 2.43 bits per heavy atom. The van der Waals surface area contributed by atoms with Gasteiger partial charge in [0.2, 0.25) is 0 Å². The van der Waals surface area contributed by atoms with Gasteiger partial charge in [-0.15, -0.1) is 0 Å². The fourth-order valence-corrected chi connectivity index (χ4v) is 7.22. The highest BCUT2D eigenvalue weighted by atomic mass is 32.2. The monoisotopic (exact) mass is 594 g/mol. The van der Waals surface area contributed by atoms with Crippen LogP contribution >= 0.6 is 11.8 Å². The minimum Gasteiger partial charge on any atom is -0.467 e. The van der Waals surface area contributed by atoms with E-state index >= 15 is 0 Å². The van der Waals surface area contributed by atoms with Crippen molar-refractivity contribution < 1.29 is 19.1 Å². The Hall–Kier alpha value is -2.35. The van der Waals surface area contributed by atoms with Gasteiger partial charge in [0, 0.05) is 18.7 Å². The van der Waals surface area contributed by atoms with Gasteiger partial charge in [-0.05, 0) is 98.3 Å². The van der Waals surface area contributed by atoms with E-state index in [-0.39, 0.29) is 18.2 Å². The predicted molar refractivity (Wildman–Crippen MR) is 173 cm³/mol. The van der Waals surface area contributed by atoms with Crippen molar-refractivity contribution in [2.24, 2.45) is 11.8 Å². The van der Waals surface area contributed by atoms with Crippen LogP contribution in [0, 0.1) is 18.8 Å². The zero-order valence-corrected chi connectivity index (χ0v) is 27.0. The number of nitrogens with one attached hydrogen (secondary N) is 1. The molecule has 7 heteroatoms. The van der Waals surface area contributed by atoms with Gasteiger partial charge in [0.15, 0.2) is 0 Å². The maximum atomic E-state index is 13.8. The molecule has 1 saturated heterocycles. The second-order valence-electron chi connectivity index (χ2n) is 12.3. The number of rotatable bonds is 12.